The zero-order chi connectivity index (χ0) is 22.4. The maximum absolute atomic E-state index is 6.05. The molecule has 0 radical (unpaired) electrons. The van der Waals surface area contributed by atoms with Gasteiger partial charge in [-0.3, -0.25) is 5.10 Å². The molecule has 1 saturated heterocycles. The Balaban J connectivity index is 1.34. The van der Waals surface area contributed by atoms with E-state index in [9.17, 15) is 0 Å². The molecule has 0 saturated carbocycles. The van der Waals surface area contributed by atoms with Crippen molar-refractivity contribution in [1.82, 2.24) is 30.0 Å². The van der Waals surface area contributed by atoms with E-state index in [0.29, 0.717) is 11.6 Å². The van der Waals surface area contributed by atoms with Crippen molar-refractivity contribution in [2.75, 3.05) is 38.1 Å². The molecule has 1 fully saturated rings. The molecular formula is C25H25N7O. The quantitative estimate of drug-likeness (QED) is 0.433. The van der Waals surface area contributed by atoms with Gasteiger partial charge in [0.1, 0.15) is 11.2 Å². The number of para-hydroxylation sites is 1. The average Bonchev–Trinajstić information content (AvgIpc) is 3.44. The van der Waals surface area contributed by atoms with Crippen LogP contribution in [0.3, 0.4) is 0 Å². The SMILES string of the molecule is Cc1ccnc(Oc2cccc3c(-c4nc5ccc(N6CCN(C)CC6)cc5[nH]4)n[nH]c23)c1. The van der Waals surface area contributed by atoms with Crippen LogP contribution in [-0.4, -0.2) is 63.3 Å². The molecule has 33 heavy (non-hydrogen) atoms. The number of aryl methyl sites for hydroxylation is 1. The van der Waals surface area contributed by atoms with Gasteiger partial charge in [0.2, 0.25) is 5.88 Å². The number of pyridine rings is 1. The van der Waals surface area contributed by atoms with Gasteiger partial charge in [-0.25, -0.2) is 9.97 Å². The summed E-state index contributed by atoms with van der Waals surface area (Å²) in [5.41, 5.74) is 5.83. The number of fused-ring (bicyclic) bond motifs is 2. The van der Waals surface area contributed by atoms with E-state index in [1.807, 2.05) is 37.3 Å². The number of piperazine rings is 1. The predicted octanol–water partition coefficient (Wildman–Crippen LogP) is 4.35. The third-order valence-electron chi connectivity index (χ3n) is 6.22. The van der Waals surface area contributed by atoms with Crippen molar-refractivity contribution in [1.29, 1.82) is 0 Å². The summed E-state index contributed by atoms with van der Waals surface area (Å²) in [6, 6.07) is 16.2. The molecule has 0 atom stereocenters. The van der Waals surface area contributed by atoms with Crippen molar-refractivity contribution in [3.63, 3.8) is 0 Å². The highest BCUT2D eigenvalue weighted by Gasteiger charge is 2.18. The molecule has 2 N–H and O–H groups in total. The number of benzene rings is 2. The fraction of sp³-hybridized carbons (Fsp3) is 0.240. The van der Waals surface area contributed by atoms with E-state index in [0.717, 1.165) is 65.2 Å². The molecule has 8 nitrogen and oxygen atoms in total. The van der Waals surface area contributed by atoms with Crippen molar-refractivity contribution in [2.24, 2.45) is 0 Å². The highest BCUT2D eigenvalue weighted by molar-refractivity contribution is 5.96. The fourth-order valence-electron chi connectivity index (χ4n) is 4.33. The van der Waals surface area contributed by atoms with Crippen molar-refractivity contribution < 1.29 is 4.74 Å². The number of nitrogens with one attached hydrogen (secondary N) is 2. The molecule has 4 heterocycles. The van der Waals surface area contributed by atoms with Crippen LogP contribution < -0.4 is 9.64 Å². The lowest BCUT2D eigenvalue weighted by atomic mass is 10.2. The minimum atomic E-state index is 0.554. The Kier molecular flexibility index (Phi) is 4.73. The topological polar surface area (TPSA) is 86.0 Å². The second-order valence-corrected chi connectivity index (χ2v) is 8.60. The van der Waals surface area contributed by atoms with Gasteiger partial charge >= 0.3 is 0 Å². The molecular weight excluding hydrogens is 414 g/mol. The molecule has 6 rings (SSSR count). The van der Waals surface area contributed by atoms with Crippen LogP contribution in [0, 0.1) is 6.92 Å². The van der Waals surface area contributed by atoms with E-state index in [1.165, 1.54) is 5.69 Å². The Labute approximate surface area is 191 Å². The highest BCUT2D eigenvalue weighted by Crippen LogP contribution is 2.33. The maximum atomic E-state index is 6.05. The molecule has 8 heteroatoms. The molecule has 0 unspecified atom stereocenters. The van der Waals surface area contributed by atoms with Crippen LogP contribution in [0.25, 0.3) is 33.5 Å². The molecule has 0 amide bonds. The second kappa shape index (κ2) is 7.90. The molecule has 5 aromatic rings. The Hall–Kier alpha value is -3.91. The van der Waals surface area contributed by atoms with Gasteiger partial charge in [0.05, 0.1) is 11.0 Å². The van der Waals surface area contributed by atoms with Crippen molar-refractivity contribution in [3.05, 3.63) is 60.3 Å². The Morgan fingerprint density at radius 1 is 1.00 bits per heavy atom. The fourth-order valence-corrected chi connectivity index (χ4v) is 4.33. The summed E-state index contributed by atoms with van der Waals surface area (Å²) in [5, 5.41) is 8.64. The van der Waals surface area contributed by atoms with E-state index in [1.54, 1.807) is 6.20 Å². The lowest BCUT2D eigenvalue weighted by molar-refractivity contribution is 0.313. The number of nitrogens with zero attached hydrogens (tertiary/aromatic N) is 5. The number of aromatic amines is 2. The molecule has 166 valence electrons. The summed E-state index contributed by atoms with van der Waals surface area (Å²) in [6.07, 6.45) is 1.74. The van der Waals surface area contributed by atoms with Gasteiger partial charge in [-0.05, 0) is 49.9 Å². The van der Waals surface area contributed by atoms with E-state index in [2.05, 4.69) is 55.2 Å². The number of aromatic nitrogens is 5. The van der Waals surface area contributed by atoms with Crippen molar-refractivity contribution in [3.8, 4) is 23.1 Å². The maximum Gasteiger partial charge on any atom is 0.219 e. The third kappa shape index (κ3) is 3.68. The predicted molar refractivity (Wildman–Crippen MR) is 130 cm³/mol. The minimum Gasteiger partial charge on any atom is -0.437 e. The summed E-state index contributed by atoms with van der Waals surface area (Å²) < 4.78 is 6.05. The number of ether oxygens (including phenoxy) is 1. The van der Waals surface area contributed by atoms with Crippen LogP contribution in [0.2, 0.25) is 0 Å². The highest BCUT2D eigenvalue weighted by atomic mass is 16.5. The first-order chi connectivity index (χ1) is 16.1. The first-order valence-electron chi connectivity index (χ1n) is 11.2. The lowest BCUT2D eigenvalue weighted by Crippen LogP contribution is -2.44. The molecule has 0 bridgehead atoms. The number of rotatable bonds is 4. The summed E-state index contributed by atoms with van der Waals surface area (Å²) in [4.78, 5) is 17.4. The molecule has 0 spiro atoms. The van der Waals surface area contributed by atoms with Crippen LogP contribution in [0.4, 0.5) is 5.69 Å². The average molecular weight is 440 g/mol. The normalized spacial score (nSPS) is 14.9. The summed E-state index contributed by atoms with van der Waals surface area (Å²) in [6.45, 7) is 6.24. The number of hydrogen-bond donors (Lipinski definition) is 2. The summed E-state index contributed by atoms with van der Waals surface area (Å²) in [5.74, 6) is 1.97. The van der Waals surface area contributed by atoms with Gasteiger partial charge in [-0.2, -0.15) is 5.10 Å². The van der Waals surface area contributed by atoms with Crippen LogP contribution in [0.15, 0.2) is 54.7 Å². The molecule has 1 aliphatic heterocycles. The van der Waals surface area contributed by atoms with Gasteiger partial charge in [0.15, 0.2) is 11.6 Å². The number of hydrogen-bond acceptors (Lipinski definition) is 6. The van der Waals surface area contributed by atoms with E-state index < -0.39 is 0 Å². The van der Waals surface area contributed by atoms with Gasteiger partial charge in [0, 0.05) is 49.5 Å². The third-order valence-corrected chi connectivity index (χ3v) is 6.22. The first-order valence-corrected chi connectivity index (χ1v) is 11.2. The Morgan fingerprint density at radius 2 is 1.88 bits per heavy atom. The minimum absolute atomic E-state index is 0.554. The van der Waals surface area contributed by atoms with Crippen LogP contribution >= 0.6 is 0 Å². The van der Waals surface area contributed by atoms with E-state index in [4.69, 9.17) is 9.72 Å². The largest absolute Gasteiger partial charge is 0.437 e. The number of anilines is 1. The summed E-state index contributed by atoms with van der Waals surface area (Å²) >= 11 is 0. The number of likely N-dealkylation sites (N-methyl/N-ethyl adjacent to an activating group) is 1. The van der Waals surface area contributed by atoms with Gasteiger partial charge in [-0.1, -0.05) is 12.1 Å². The van der Waals surface area contributed by atoms with Crippen LogP contribution in [-0.2, 0) is 0 Å². The van der Waals surface area contributed by atoms with E-state index >= 15 is 0 Å². The molecule has 0 aliphatic carbocycles. The molecule has 3 aromatic heterocycles. The first kappa shape index (κ1) is 19.8. The zero-order valence-electron chi connectivity index (χ0n) is 18.7. The van der Waals surface area contributed by atoms with Crippen molar-refractivity contribution >= 4 is 27.6 Å². The number of imidazole rings is 1. The van der Waals surface area contributed by atoms with Crippen LogP contribution in [0.1, 0.15) is 5.56 Å². The number of H-pyrrole nitrogens is 2. The second-order valence-electron chi connectivity index (χ2n) is 8.60. The monoisotopic (exact) mass is 439 g/mol. The van der Waals surface area contributed by atoms with Gasteiger partial charge in [0.25, 0.3) is 0 Å². The molecule has 1 aliphatic rings. The zero-order valence-corrected chi connectivity index (χ0v) is 18.7. The van der Waals surface area contributed by atoms with Gasteiger partial charge in [-0.15, -0.1) is 0 Å². The Bertz CT molecular complexity index is 1450. The van der Waals surface area contributed by atoms with Gasteiger partial charge < -0.3 is 19.5 Å². The molecule has 2 aromatic carbocycles. The van der Waals surface area contributed by atoms with E-state index in [-0.39, 0.29) is 0 Å². The standard InChI is InChI=1S/C25H25N7O/c1-16-8-9-26-22(14-16)33-21-5-3-4-18-23(21)29-30-24(18)25-27-19-7-6-17(15-20(19)28-25)32-12-10-31(2)11-13-32/h3-9,14-15H,10-13H2,1-2H3,(H,27,28)(H,29,30). The smallest absolute Gasteiger partial charge is 0.219 e. The Morgan fingerprint density at radius 3 is 2.73 bits per heavy atom. The van der Waals surface area contributed by atoms with Crippen molar-refractivity contribution in [2.45, 2.75) is 6.92 Å². The summed E-state index contributed by atoms with van der Waals surface area (Å²) in [7, 11) is 2.17. The van der Waals surface area contributed by atoms with Crippen LogP contribution in [0.5, 0.6) is 11.6 Å². The lowest BCUT2D eigenvalue weighted by Gasteiger charge is -2.34.